The Morgan fingerprint density at radius 3 is 2.50 bits per heavy atom. The first-order chi connectivity index (χ1) is 16.3. The van der Waals surface area contributed by atoms with Crippen molar-refractivity contribution in [3.63, 3.8) is 0 Å². The number of alkyl halides is 1. The van der Waals surface area contributed by atoms with Crippen LogP contribution >= 0.6 is 0 Å². The molecule has 1 aliphatic heterocycles. The molecule has 1 aromatic heterocycles. The maximum absolute atomic E-state index is 15.4. The van der Waals surface area contributed by atoms with Crippen molar-refractivity contribution < 1.29 is 23.0 Å². The Labute approximate surface area is 198 Å². The van der Waals surface area contributed by atoms with Crippen molar-refractivity contribution >= 4 is 10.9 Å². The number of benzene rings is 2. The number of nitrogens with one attached hydrogen (secondary N) is 1. The lowest BCUT2D eigenvalue weighted by atomic mass is 9.90. The van der Waals surface area contributed by atoms with Gasteiger partial charge in [0.05, 0.1) is 12.6 Å². The second-order valence-corrected chi connectivity index (χ2v) is 9.69. The van der Waals surface area contributed by atoms with E-state index < -0.39 is 23.3 Å². The van der Waals surface area contributed by atoms with Crippen molar-refractivity contribution in [2.75, 3.05) is 26.3 Å². The Kier molecular flexibility index (Phi) is 7.53. The highest BCUT2D eigenvalue weighted by molar-refractivity contribution is 5.85. The zero-order valence-electron chi connectivity index (χ0n) is 19.8. The number of aromatic nitrogens is 1. The number of rotatable bonds is 10. The number of nitrogens with zero attached hydrogens (tertiary/aromatic N) is 1. The number of hydrogen-bond donors (Lipinski definition) is 2. The number of unbranched alkanes of at least 4 members (excludes halogenated alkanes) is 3. The molecule has 0 amide bonds. The summed E-state index contributed by atoms with van der Waals surface area (Å²) < 4.78 is 51.2. The van der Waals surface area contributed by atoms with E-state index in [1.54, 1.807) is 0 Å². The summed E-state index contributed by atoms with van der Waals surface area (Å²) >= 11 is 0. The van der Waals surface area contributed by atoms with Crippen LogP contribution in [0.3, 0.4) is 0 Å². The molecule has 0 saturated heterocycles. The molecule has 1 atom stereocenters. The van der Waals surface area contributed by atoms with Crippen molar-refractivity contribution in [1.82, 2.24) is 9.88 Å². The molecule has 1 aliphatic rings. The molecule has 0 bridgehead atoms. The van der Waals surface area contributed by atoms with E-state index in [1.807, 2.05) is 29.2 Å². The van der Waals surface area contributed by atoms with Gasteiger partial charge in [0.25, 0.3) is 0 Å². The van der Waals surface area contributed by atoms with Crippen LogP contribution in [0.4, 0.5) is 13.2 Å². The molecule has 2 N–H and O–H groups in total. The Morgan fingerprint density at radius 2 is 1.79 bits per heavy atom. The molecule has 2 heterocycles. The Balaban J connectivity index is 1.66. The number of ether oxygens (including phenoxy) is 1. The van der Waals surface area contributed by atoms with Gasteiger partial charge in [0, 0.05) is 54.0 Å². The fourth-order valence-electron chi connectivity index (χ4n) is 4.93. The quantitative estimate of drug-likeness (QED) is 0.351. The van der Waals surface area contributed by atoms with Crippen LogP contribution in [-0.2, 0) is 6.42 Å². The third-order valence-electron chi connectivity index (χ3n) is 6.36. The number of hydrogen-bond acceptors (Lipinski definition) is 3. The number of aliphatic hydroxyl groups is 1. The summed E-state index contributed by atoms with van der Waals surface area (Å²) in [6.45, 7) is 4.02. The fraction of sp³-hybridized carbons (Fsp3) is 0.481. The molecule has 184 valence electrons. The van der Waals surface area contributed by atoms with Gasteiger partial charge in [-0.3, -0.25) is 4.90 Å². The largest absolute Gasteiger partial charge is 0.493 e. The number of H-pyrrole nitrogens is 1. The first kappa shape index (κ1) is 24.6. The van der Waals surface area contributed by atoms with Gasteiger partial charge in [-0.25, -0.2) is 13.2 Å². The molecule has 4 rings (SSSR count). The second-order valence-electron chi connectivity index (χ2n) is 9.69. The van der Waals surface area contributed by atoms with Gasteiger partial charge in [0.15, 0.2) is 0 Å². The molecule has 3 aromatic rings. The predicted molar refractivity (Wildman–Crippen MR) is 128 cm³/mol. The fourth-order valence-corrected chi connectivity index (χ4v) is 4.93. The molecular weight excluding hydrogens is 441 g/mol. The van der Waals surface area contributed by atoms with E-state index in [-0.39, 0.29) is 24.5 Å². The minimum Gasteiger partial charge on any atom is -0.493 e. The SMILES string of the molecule is CC(C)(F)CN1CCc2c([nH]c3ccccc23)C1c1c(F)cc(OCCCCCCO)cc1F. The van der Waals surface area contributed by atoms with Gasteiger partial charge in [-0.05, 0) is 51.2 Å². The Hall–Kier alpha value is -2.51. The first-order valence-electron chi connectivity index (χ1n) is 12.0. The van der Waals surface area contributed by atoms with E-state index in [4.69, 9.17) is 9.84 Å². The van der Waals surface area contributed by atoms with Gasteiger partial charge in [0.1, 0.15) is 23.1 Å². The zero-order valence-corrected chi connectivity index (χ0v) is 19.8. The maximum atomic E-state index is 15.4. The summed E-state index contributed by atoms with van der Waals surface area (Å²) in [6, 6.07) is 9.49. The van der Waals surface area contributed by atoms with Crippen LogP contribution in [0.25, 0.3) is 10.9 Å². The van der Waals surface area contributed by atoms with Crippen LogP contribution in [0.15, 0.2) is 36.4 Å². The highest BCUT2D eigenvalue weighted by Crippen LogP contribution is 2.41. The smallest absolute Gasteiger partial charge is 0.135 e. The van der Waals surface area contributed by atoms with Crippen molar-refractivity contribution in [2.45, 2.75) is 57.7 Å². The average molecular weight is 475 g/mol. The summed E-state index contributed by atoms with van der Waals surface area (Å²) in [5.74, 6) is -1.26. The number of aromatic amines is 1. The summed E-state index contributed by atoms with van der Waals surface area (Å²) in [4.78, 5) is 5.18. The van der Waals surface area contributed by atoms with E-state index in [2.05, 4.69) is 4.98 Å². The van der Waals surface area contributed by atoms with Gasteiger partial charge >= 0.3 is 0 Å². The topological polar surface area (TPSA) is 48.5 Å². The van der Waals surface area contributed by atoms with E-state index in [1.165, 1.54) is 26.0 Å². The maximum Gasteiger partial charge on any atom is 0.135 e. The highest BCUT2D eigenvalue weighted by atomic mass is 19.1. The van der Waals surface area contributed by atoms with E-state index in [0.717, 1.165) is 42.1 Å². The third kappa shape index (κ3) is 5.41. The van der Waals surface area contributed by atoms with Crippen LogP contribution in [-0.4, -0.2) is 47.0 Å². The molecule has 4 nitrogen and oxygen atoms in total. The molecule has 1 unspecified atom stereocenters. The number of halogens is 3. The van der Waals surface area contributed by atoms with Crippen LogP contribution in [0, 0.1) is 11.6 Å². The van der Waals surface area contributed by atoms with Crippen molar-refractivity contribution in [3.05, 3.63) is 64.9 Å². The average Bonchev–Trinajstić information content (AvgIpc) is 3.14. The lowest BCUT2D eigenvalue weighted by Gasteiger charge is -2.38. The number of aliphatic hydroxyl groups excluding tert-OH is 1. The van der Waals surface area contributed by atoms with Gasteiger partial charge < -0.3 is 14.8 Å². The summed E-state index contributed by atoms with van der Waals surface area (Å²) in [7, 11) is 0. The summed E-state index contributed by atoms with van der Waals surface area (Å²) in [5, 5.41) is 9.87. The molecule has 0 radical (unpaired) electrons. The minimum atomic E-state index is -1.52. The standard InChI is InChI=1S/C27H33F3N2O2/c1-27(2,30)17-32-12-11-20-19-9-5-6-10-23(19)31-25(20)26(32)24-21(28)15-18(16-22(24)29)34-14-8-4-3-7-13-33/h5-6,9-10,15-16,26,31,33H,3-4,7-8,11-14,17H2,1-2H3. The van der Waals surface area contributed by atoms with Gasteiger partial charge in [-0.1, -0.05) is 24.6 Å². The lowest BCUT2D eigenvalue weighted by molar-refractivity contribution is 0.0962. The molecule has 0 fully saturated rings. The normalized spacial score (nSPS) is 16.7. The molecule has 7 heteroatoms. The van der Waals surface area contributed by atoms with Crippen LogP contribution < -0.4 is 4.74 Å². The number of fused-ring (bicyclic) bond motifs is 3. The Bertz CT molecular complexity index is 1100. The molecular formula is C27H33F3N2O2. The van der Waals surface area contributed by atoms with Crippen LogP contribution in [0.2, 0.25) is 0 Å². The summed E-state index contributed by atoms with van der Waals surface area (Å²) in [6.07, 6.45) is 3.92. The molecule has 34 heavy (non-hydrogen) atoms. The van der Waals surface area contributed by atoms with Crippen molar-refractivity contribution in [3.8, 4) is 5.75 Å². The van der Waals surface area contributed by atoms with Gasteiger partial charge in [-0.15, -0.1) is 0 Å². The lowest BCUT2D eigenvalue weighted by Crippen LogP contribution is -2.43. The van der Waals surface area contributed by atoms with E-state index in [0.29, 0.717) is 25.3 Å². The molecule has 0 spiro atoms. The zero-order chi connectivity index (χ0) is 24.3. The van der Waals surface area contributed by atoms with Crippen molar-refractivity contribution in [1.29, 1.82) is 0 Å². The van der Waals surface area contributed by atoms with Crippen LogP contribution in [0.5, 0.6) is 5.75 Å². The number of para-hydroxylation sites is 1. The first-order valence-corrected chi connectivity index (χ1v) is 12.0. The monoisotopic (exact) mass is 474 g/mol. The second kappa shape index (κ2) is 10.4. The summed E-state index contributed by atoms with van der Waals surface area (Å²) in [5.41, 5.74) is 1.03. The van der Waals surface area contributed by atoms with E-state index in [9.17, 15) is 4.39 Å². The minimum absolute atomic E-state index is 0.0530. The van der Waals surface area contributed by atoms with Gasteiger partial charge in [-0.2, -0.15) is 0 Å². The highest BCUT2D eigenvalue weighted by Gasteiger charge is 2.37. The molecule has 2 aromatic carbocycles. The van der Waals surface area contributed by atoms with Gasteiger partial charge in [0.2, 0.25) is 0 Å². The van der Waals surface area contributed by atoms with E-state index >= 15 is 8.78 Å². The molecule has 0 saturated carbocycles. The van der Waals surface area contributed by atoms with Crippen LogP contribution in [0.1, 0.15) is 62.4 Å². The molecule has 0 aliphatic carbocycles. The predicted octanol–water partition coefficient (Wildman–Crippen LogP) is 6.07. The van der Waals surface area contributed by atoms with Crippen molar-refractivity contribution in [2.24, 2.45) is 0 Å². The third-order valence-corrected chi connectivity index (χ3v) is 6.36. The Morgan fingerprint density at radius 1 is 1.09 bits per heavy atom.